The molecule has 1 aromatic rings. The van der Waals surface area contributed by atoms with Crippen molar-refractivity contribution in [3.63, 3.8) is 0 Å². The lowest BCUT2D eigenvalue weighted by atomic mass is 9.86. The zero-order chi connectivity index (χ0) is 23.3. The first-order valence-electron chi connectivity index (χ1n) is 11.3. The molecule has 0 bridgehead atoms. The lowest BCUT2D eigenvalue weighted by Gasteiger charge is -2.40. The highest BCUT2D eigenvalue weighted by atomic mass is 16.5. The minimum Gasteiger partial charge on any atom is -0.482 e. The molecule has 32 heavy (non-hydrogen) atoms. The molecule has 3 rings (SSSR count). The van der Waals surface area contributed by atoms with Crippen LogP contribution in [0.5, 0.6) is 5.75 Å². The minimum atomic E-state index is -0.992. The second kappa shape index (κ2) is 10.6. The Morgan fingerprint density at radius 3 is 2.69 bits per heavy atom. The van der Waals surface area contributed by atoms with E-state index in [0.717, 1.165) is 37.1 Å². The highest BCUT2D eigenvalue weighted by Crippen LogP contribution is 2.31. The maximum absolute atomic E-state index is 12.4. The summed E-state index contributed by atoms with van der Waals surface area (Å²) in [5, 5.41) is 9.09. The number of amides is 1. The first kappa shape index (κ1) is 24.5. The summed E-state index contributed by atoms with van der Waals surface area (Å²) in [6, 6.07) is 6.15. The molecule has 0 unspecified atom stereocenters. The lowest BCUT2D eigenvalue weighted by Crippen LogP contribution is -2.55. The van der Waals surface area contributed by atoms with E-state index < -0.39 is 5.97 Å². The summed E-state index contributed by atoms with van der Waals surface area (Å²) >= 11 is 0. The SMILES string of the molecule is COCCN1C(=O)CO[C@H]2CCN(Cc3ccc(C(C)(C)C)cc3OCC(=O)O)CC[C@@H]21. The number of rotatable bonds is 8. The summed E-state index contributed by atoms with van der Waals surface area (Å²) in [5.41, 5.74) is 2.01. The van der Waals surface area contributed by atoms with E-state index in [0.29, 0.717) is 25.4 Å². The summed E-state index contributed by atoms with van der Waals surface area (Å²) in [6.45, 7) is 9.55. The van der Waals surface area contributed by atoms with Crippen molar-refractivity contribution in [2.45, 2.75) is 57.7 Å². The molecule has 8 heteroatoms. The van der Waals surface area contributed by atoms with Gasteiger partial charge in [-0.2, -0.15) is 0 Å². The van der Waals surface area contributed by atoms with E-state index >= 15 is 0 Å². The molecule has 178 valence electrons. The van der Waals surface area contributed by atoms with Crippen LogP contribution in [0.3, 0.4) is 0 Å². The van der Waals surface area contributed by atoms with E-state index in [-0.39, 0.29) is 36.7 Å². The molecule has 1 aromatic carbocycles. The Kier molecular flexibility index (Phi) is 8.14. The number of benzene rings is 1. The fourth-order valence-corrected chi connectivity index (χ4v) is 4.42. The van der Waals surface area contributed by atoms with Crippen LogP contribution in [0, 0.1) is 0 Å². The maximum atomic E-state index is 12.4. The van der Waals surface area contributed by atoms with E-state index in [2.05, 4.69) is 31.7 Å². The molecular weight excluding hydrogens is 412 g/mol. The van der Waals surface area contributed by atoms with Gasteiger partial charge in [-0.15, -0.1) is 0 Å². The number of fused-ring (bicyclic) bond motifs is 1. The third-order valence-corrected chi connectivity index (χ3v) is 6.26. The number of carbonyl (C=O) groups is 2. The van der Waals surface area contributed by atoms with E-state index in [1.807, 2.05) is 17.0 Å². The normalized spacial score (nSPS) is 22.4. The molecule has 0 radical (unpaired) electrons. The van der Waals surface area contributed by atoms with Gasteiger partial charge in [-0.3, -0.25) is 9.69 Å². The molecule has 2 heterocycles. The van der Waals surface area contributed by atoms with Gasteiger partial charge < -0.3 is 24.2 Å². The van der Waals surface area contributed by atoms with Crippen molar-refractivity contribution in [3.8, 4) is 5.75 Å². The number of morpholine rings is 1. The van der Waals surface area contributed by atoms with Crippen LogP contribution in [0.25, 0.3) is 0 Å². The molecule has 2 atom stereocenters. The number of carbonyl (C=O) groups excluding carboxylic acids is 1. The lowest BCUT2D eigenvalue weighted by molar-refractivity contribution is -0.158. The summed E-state index contributed by atoms with van der Waals surface area (Å²) < 4.78 is 16.7. The van der Waals surface area contributed by atoms with Gasteiger partial charge in [0.1, 0.15) is 12.4 Å². The van der Waals surface area contributed by atoms with Crippen molar-refractivity contribution in [2.75, 3.05) is 46.6 Å². The van der Waals surface area contributed by atoms with E-state index in [4.69, 9.17) is 19.3 Å². The van der Waals surface area contributed by atoms with E-state index in [1.54, 1.807) is 7.11 Å². The number of hydrogen-bond donors (Lipinski definition) is 1. The number of aliphatic carboxylic acids is 1. The van der Waals surface area contributed by atoms with Crippen LogP contribution in [0.15, 0.2) is 18.2 Å². The average molecular weight is 449 g/mol. The largest absolute Gasteiger partial charge is 0.482 e. The number of likely N-dealkylation sites (tertiary alicyclic amines) is 1. The third-order valence-electron chi connectivity index (χ3n) is 6.26. The van der Waals surface area contributed by atoms with Gasteiger partial charge in [-0.05, 0) is 29.9 Å². The molecule has 2 fully saturated rings. The number of nitrogens with zero attached hydrogens (tertiary/aromatic N) is 2. The number of carboxylic acid groups (broad SMARTS) is 1. The average Bonchev–Trinajstić information content (AvgIpc) is 2.94. The quantitative estimate of drug-likeness (QED) is 0.653. The first-order valence-corrected chi connectivity index (χ1v) is 11.3. The van der Waals surface area contributed by atoms with Crippen molar-refractivity contribution in [3.05, 3.63) is 29.3 Å². The van der Waals surface area contributed by atoms with E-state index in [1.165, 1.54) is 0 Å². The molecule has 8 nitrogen and oxygen atoms in total. The van der Waals surface area contributed by atoms with Crippen molar-refractivity contribution < 1.29 is 28.9 Å². The number of hydrogen-bond acceptors (Lipinski definition) is 6. The van der Waals surface area contributed by atoms with Crippen molar-refractivity contribution in [1.82, 2.24) is 9.80 Å². The number of carboxylic acids is 1. The van der Waals surface area contributed by atoms with Gasteiger partial charge in [-0.25, -0.2) is 4.79 Å². The van der Waals surface area contributed by atoms with Crippen molar-refractivity contribution >= 4 is 11.9 Å². The van der Waals surface area contributed by atoms with Crippen LogP contribution in [-0.4, -0.2) is 85.5 Å². The monoisotopic (exact) mass is 448 g/mol. The van der Waals surface area contributed by atoms with Crippen LogP contribution in [0.4, 0.5) is 0 Å². The van der Waals surface area contributed by atoms with Crippen LogP contribution in [-0.2, 0) is 31.0 Å². The number of methoxy groups -OCH3 is 1. The molecule has 0 aromatic heterocycles. The molecule has 0 spiro atoms. The van der Waals surface area contributed by atoms with Crippen molar-refractivity contribution in [2.24, 2.45) is 0 Å². The first-order chi connectivity index (χ1) is 15.2. The van der Waals surface area contributed by atoms with Gasteiger partial charge >= 0.3 is 5.97 Å². The van der Waals surface area contributed by atoms with Gasteiger partial charge in [0.25, 0.3) is 0 Å². The topological polar surface area (TPSA) is 88.5 Å². The Bertz CT molecular complexity index is 806. The highest BCUT2D eigenvalue weighted by Gasteiger charge is 2.38. The number of ether oxygens (including phenoxy) is 3. The van der Waals surface area contributed by atoms with Crippen LogP contribution < -0.4 is 4.74 Å². The van der Waals surface area contributed by atoms with Crippen LogP contribution in [0.2, 0.25) is 0 Å². The second-order valence-corrected chi connectivity index (χ2v) is 9.61. The van der Waals surface area contributed by atoms with Crippen molar-refractivity contribution in [1.29, 1.82) is 0 Å². The Morgan fingerprint density at radius 2 is 2.00 bits per heavy atom. The Balaban J connectivity index is 1.73. The molecule has 2 aliphatic heterocycles. The predicted molar refractivity (Wildman–Crippen MR) is 120 cm³/mol. The van der Waals surface area contributed by atoms with Gasteiger partial charge in [0.05, 0.1) is 18.8 Å². The fraction of sp³-hybridized carbons (Fsp3) is 0.667. The van der Waals surface area contributed by atoms with Gasteiger partial charge in [0.2, 0.25) is 5.91 Å². The fourth-order valence-electron chi connectivity index (χ4n) is 4.42. The predicted octanol–water partition coefficient (Wildman–Crippen LogP) is 2.29. The zero-order valence-electron chi connectivity index (χ0n) is 19.6. The Labute approximate surface area is 190 Å². The minimum absolute atomic E-state index is 0.0267. The molecule has 1 N–H and O–H groups in total. The van der Waals surface area contributed by atoms with Gasteiger partial charge in [-0.1, -0.05) is 32.9 Å². The van der Waals surface area contributed by atoms with Gasteiger partial charge in [0, 0.05) is 38.9 Å². The summed E-state index contributed by atoms with van der Waals surface area (Å²) in [4.78, 5) is 27.7. The molecular formula is C24H36N2O6. The highest BCUT2D eigenvalue weighted by molar-refractivity contribution is 5.78. The standard InChI is InChI=1S/C24H36N2O6/c1-24(2,3)18-6-5-17(21(13-18)32-16-23(28)29)14-25-9-7-19-20(8-10-25)31-15-22(27)26(19)11-12-30-4/h5-6,13,19-20H,7-12,14-16H2,1-4H3,(H,28,29)/t19-,20-/m0/s1. The smallest absolute Gasteiger partial charge is 0.341 e. The Hall–Kier alpha value is -2.16. The van der Waals surface area contributed by atoms with E-state index in [9.17, 15) is 9.59 Å². The summed E-state index contributed by atoms with van der Waals surface area (Å²) in [7, 11) is 1.65. The summed E-state index contributed by atoms with van der Waals surface area (Å²) in [5.74, 6) is -0.345. The summed E-state index contributed by atoms with van der Waals surface area (Å²) in [6.07, 6.45) is 1.69. The third kappa shape index (κ3) is 6.21. The molecule has 0 aliphatic carbocycles. The molecule has 0 saturated carbocycles. The molecule has 1 amide bonds. The van der Waals surface area contributed by atoms with Gasteiger partial charge in [0.15, 0.2) is 6.61 Å². The maximum Gasteiger partial charge on any atom is 0.341 e. The van der Waals surface area contributed by atoms with Crippen LogP contribution in [0.1, 0.15) is 44.7 Å². The molecule has 2 aliphatic rings. The zero-order valence-corrected chi connectivity index (χ0v) is 19.6. The molecule has 2 saturated heterocycles. The second-order valence-electron chi connectivity index (χ2n) is 9.61. The van der Waals surface area contributed by atoms with Crippen LogP contribution >= 0.6 is 0 Å². The Morgan fingerprint density at radius 1 is 1.25 bits per heavy atom.